The van der Waals surface area contributed by atoms with Gasteiger partial charge in [0.1, 0.15) is 12.2 Å². The zero-order valence-electron chi connectivity index (χ0n) is 43.3. The summed E-state index contributed by atoms with van der Waals surface area (Å²) in [4.78, 5) is 11.4. The zero-order chi connectivity index (χ0) is 50.5. The van der Waals surface area contributed by atoms with Gasteiger partial charge in [0.05, 0.1) is 176 Å². The number of carbonyl (C=O) groups is 1. The van der Waals surface area contributed by atoms with Gasteiger partial charge in [0.15, 0.2) is 0 Å². The van der Waals surface area contributed by atoms with Gasteiger partial charge in [-0.3, -0.25) is 0 Å². The molecule has 14 heterocycles. The van der Waals surface area contributed by atoms with Crippen molar-refractivity contribution in [1.82, 2.24) is 0 Å². The first kappa shape index (κ1) is 50.7. The molecule has 74 heavy (non-hydrogen) atoms. The van der Waals surface area contributed by atoms with E-state index in [9.17, 15) is 25.2 Å². The van der Waals surface area contributed by atoms with E-state index >= 15 is 0 Å². The van der Waals surface area contributed by atoms with Gasteiger partial charge in [0, 0.05) is 82.6 Å². The number of aliphatic hydroxyl groups is 3. The molecule has 0 aromatic heterocycles. The highest BCUT2D eigenvalue weighted by molar-refractivity contribution is 5.85. The summed E-state index contributed by atoms with van der Waals surface area (Å²) in [6, 6.07) is 0. The van der Waals surface area contributed by atoms with E-state index in [1.807, 2.05) is 6.92 Å². The molecule has 0 spiro atoms. The Morgan fingerprint density at radius 1 is 0.432 bits per heavy atom. The van der Waals surface area contributed by atoms with Gasteiger partial charge in [-0.1, -0.05) is 6.08 Å². The Hall–Kier alpha value is -1.47. The number of carboxylic acids is 1. The fourth-order valence-corrected chi connectivity index (χ4v) is 16.6. The van der Waals surface area contributed by atoms with Crippen molar-refractivity contribution < 1.29 is 91.5 Å². The number of aliphatic hydroxyl groups excluding tert-OH is 3. The van der Waals surface area contributed by atoms with Crippen LogP contribution >= 0.6 is 0 Å². The second-order valence-corrected chi connectivity index (χ2v) is 25.5. The molecule has 0 saturated carbocycles. The quantitative estimate of drug-likeness (QED) is 0.298. The molecule has 0 aromatic carbocycles. The minimum absolute atomic E-state index is 0.0625. The molecule has 31 atom stereocenters. The van der Waals surface area contributed by atoms with Crippen molar-refractivity contribution in [3.8, 4) is 0 Å². The number of hydrogen-bond donors (Lipinski definition) is 4. The first-order valence-corrected chi connectivity index (χ1v) is 28.7. The van der Waals surface area contributed by atoms with Crippen LogP contribution in [0.3, 0.4) is 0 Å². The van der Waals surface area contributed by atoms with Crippen LogP contribution in [-0.4, -0.2) is 215 Å². The number of ether oxygens (including phenoxy) is 14. The first-order chi connectivity index (χ1) is 35.6. The summed E-state index contributed by atoms with van der Waals surface area (Å²) in [7, 11) is 0. The molecule has 14 rings (SSSR count). The topological polar surface area (TPSA) is 227 Å². The molecule has 0 aromatic rings. The van der Waals surface area contributed by atoms with E-state index in [-0.39, 0.29) is 134 Å². The van der Waals surface area contributed by atoms with E-state index < -0.39 is 66.0 Å². The van der Waals surface area contributed by atoms with E-state index in [1.54, 1.807) is 13.0 Å². The van der Waals surface area contributed by atoms with Gasteiger partial charge in [-0.25, -0.2) is 4.79 Å². The van der Waals surface area contributed by atoms with Crippen molar-refractivity contribution in [2.24, 2.45) is 0 Å². The average Bonchev–Trinajstić information content (AvgIpc) is 3.41. The van der Waals surface area contributed by atoms with Crippen LogP contribution < -0.4 is 0 Å². The summed E-state index contributed by atoms with van der Waals surface area (Å²) in [6.45, 7) is 7.84. The molecule has 19 nitrogen and oxygen atoms in total. The van der Waals surface area contributed by atoms with Gasteiger partial charge in [-0.05, 0) is 59.8 Å². The highest BCUT2D eigenvalue weighted by Gasteiger charge is 2.62. The number of aliphatic carboxylic acids is 1. The highest BCUT2D eigenvalue weighted by Crippen LogP contribution is 2.52. The predicted molar refractivity (Wildman–Crippen MR) is 254 cm³/mol. The minimum atomic E-state index is -0.951. The van der Waals surface area contributed by atoms with Gasteiger partial charge < -0.3 is 86.7 Å². The normalized spacial score (nSPS) is 58.7. The maximum absolute atomic E-state index is 11.8. The summed E-state index contributed by atoms with van der Waals surface area (Å²) in [6.07, 6.45) is 4.13. The smallest absolute Gasteiger partial charge is 0.330 e. The molecule has 14 aliphatic rings. The lowest BCUT2D eigenvalue weighted by atomic mass is 9.80. The Morgan fingerprint density at radius 2 is 0.811 bits per heavy atom. The molecule has 0 radical (unpaired) electrons. The number of hydrogen-bond acceptors (Lipinski definition) is 18. The Bertz CT molecular complexity index is 2120. The van der Waals surface area contributed by atoms with E-state index in [4.69, 9.17) is 66.3 Å². The third-order valence-corrected chi connectivity index (χ3v) is 20.5. The lowest BCUT2D eigenvalue weighted by molar-refractivity contribution is -0.329. The number of carboxylic acid groups (broad SMARTS) is 1. The summed E-state index contributed by atoms with van der Waals surface area (Å²) in [5.41, 5.74) is -0.910. The van der Waals surface area contributed by atoms with E-state index in [2.05, 4.69) is 13.8 Å². The lowest BCUT2D eigenvalue weighted by Crippen LogP contribution is -2.65. The highest BCUT2D eigenvalue weighted by atomic mass is 16.7. The molecule has 4 N–H and O–H groups in total. The summed E-state index contributed by atoms with van der Waals surface area (Å²) < 4.78 is 95.4. The summed E-state index contributed by atoms with van der Waals surface area (Å²) in [5, 5.41) is 43.2. The van der Waals surface area contributed by atoms with Gasteiger partial charge in [0.25, 0.3) is 0 Å². The Kier molecular flexibility index (Phi) is 13.3. The van der Waals surface area contributed by atoms with Crippen molar-refractivity contribution >= 4 is 5.97 Å². The third kappa shape index (κ3) is 9.10. The molecule has 14 aliphatic heterocycles. The molecule has 14 fully saturated rings. The molecular formula is C55H80O19. The summed E-state index contributed by atoms with van der Waals surface area (Å²) in [5.74, 6) is -0.951. The first-order valence-electron chi connectivity index (χ1n) is 28.7. The van der Waals surface area contributed by atoms with Crippen LogP contribution in [0.1, 0.15) is 137 Å². The molecule has 14 saturated heterocycles. The standard InChI is InChI=1S/C55H80O19/c1-23(53(59)60)5-6-25-11-31-32(62-25)13-27(57)51-45(66-31)19-40-34(71-51)14-28(58)52-46(67-40)20-42-48(72-52)22-55(4)50(70-42)10-8-30-44(74-55)18-39-36(64-30)15-38-37(65-39)16-41-47(68-38)21-54(3)49(69-41)9-7-29-43(73-54)17-35-33(63-29)12-26(56)24(2)61-35/h5,24-52,56-58H,6-22H2,1-4H3,(H,59,60)/t24-,25+,26+,27+,28+,29+,30+,31+,32-,33-,34-,35+,36-,37-,38+,39+,40+,41+,42+,43-,44-,45-,46-,47-,48-,49-,50-,51+,52+,54+,55+/m1/s1. The van der Waals surface area contributed by atoms with Crippen LogP contribution in [0.4, 0.5) is 0 Å². The Labute approximate surface area is 433 Å². The van der Waals surface area contributed by atoms with Crippen LogP contribution in [-0.2, 0) is 71.1 Å². The fourth-order valence-electron chi connectivity index (χ4n) is 16.6. The van der Waals surface area contributed by atoms with Crippen LogP contribution in [0.5, 0.6) is 0 Å². The molecule has 19 heteroatoms. The van der Waals surface area contributed by atoms with Gasteiger partial charge in [-0.2, -0.15) is 0 Å². The summed E-state index contributed by atoms with van der Waals surface area (Å²) >= 11 is 0. The average molecular weight is 1050 g/mol. The Morgan fingerprint density at radius 3 is 1.36 bits per heavy atom. The second-order valence-electron chi connectivity index (χ2n) is 25.5. The van der Waals surface area contributed by atoms with Gasteiger partial charge in [0.2, 0.25) is 0 Å². The molecule has 414 valence electrons. The van der Waals surface area contributed by atoms with Gasteiger partial charge >= 0.3 is 5.97 Å². The van der Waals surface area contributed by atoms with Crippen molar-refractivity contribution in [3.63, 3.8) is 0 Å². The molecular weight excluding hydrogens is 965 g/mol. The zero-order valence-corrected chi connectivity index (χ0v) is 43.3. The van der Waals surface area contributed by atoms with Crippen LogP contribution in [0.2, 0.25) is 0 Å². The van der Waals surface area contributed by atoms with Gasteiger partial charge in [-0.15, -0.1) is 0 Å². The molecule has 0 unspecified atom stereocenters. The maximum Gasteiger partial charge on any atom is 0.330 e. The van der Waals surface area contributed by atoms with E-state index in [1.165, 1.54) is 0 Å². The largest absolute Gasteiger partial charge is 0.478 e. The molecule has 0 aliphatic carbocycles. The predicted octanol–water partition coefficient (Wildman–Crippen LogP) is 3.28. The molecule has 0 amide bonds. The van der Waals surface area contributed by atoms with Crippen molar-refractivity contribution in [2.75, 3.05) is 0 Å². The number of fused-ring (bicyclic) bond motifs is 13. The lowest BCUT2D eigenvalue weighted by Gasteiger charge is -2.56. The third-order valence-electron chi connectivity index (χ3n) is 20.5. The Balaban J connectivity index is 0.599. The van der Waals surface area contributed by atoms with Crippen molar-refractivity contribution in [1.29, 1.82) is 0 Å². The minimum Gasteiger partial charge on any atom is -0.478 e. The molecule has 0 bridgehead atoms. The van der Waals surface area contributed by atoms with Crippen molar-refractivity contribution in [2.45, 2.75) is 325 Å². The maximum atomic E-state index is 11.8. The second kappa shape index (κ2) is 19.4. The van der Waals surface area contributed by atoms with Crippen molar-refractivity contribution in [3.05, 3.63) is 11.6 Å². The van der Waals surface area contributed by atoms with E-state index in [0.29, 0.717) is 57.8 Å². The number of rotatable bonds is 3. The van der Waals surface area contributed by atoms with E-state index in [0.717, 1.165) is 51.4 Å². The SMILES string of the molecule is CC(=CC[C@H]1C[C@@H]2O[C@@H]3C[C@@H]4O[C@@H]5C[C@@H]6O[C@@H]7CC[C@@H]8O[C@@H]9C[C@@H]%10O[C@@H]%11C[C@]%12(C)O[C@@H]%13C[C@@H]%14O[C@H](C)[C@@H](O)C[C@H]%14O[C@H]%13CC[C@H]%12O[C@H]%11C[C@H]%10O[C@H]9C[C@H]8O[C@@]7(C)C[C@H]6O[C@H]5[C@@H](O)C[C@H]4O[C@H]3[C@@H](O)C[C@H]2O1)C(=O)O. The van der Waals surface area contributed by atoms with Crippen LogP contribution in [0, 0.1) is 0 Å². The monoisotopic (exact) mass is 1040 g/mol. The van der Waals surface area contributed by atoms with Crippen LogP contribution in [0.15, 0.2) is 11.6 Å². The van der Waals surface area contributed by atoms with Crippen LogP contribution in [0.25, 0.3) is 0 Å². The fraction of sp³-hybridized carbons (Fsp3) is 0.945.